The van der Waals surface area contributed by atoms with Crippen molar-refractivity contribution in [1.82, 2.24) is 9.97 Å². The molecule has 0 bridgehead atoms. The van der Waals surface area contributed by atoms with Crippen molar-refractivity contribution >= 4 is 28.2 Å². The second kappa shape index (κ2) is 11.5. The molecule has 0 spiro atoms. The normalized spacial score (nSPS) is 19.2. The molecule has 0 aliphatic carbocycles. The number of nitrogens with one attached hydrogen (secondary N) is 1. The number of nitrogens with zero attached hydrogens (tertiary/aromatic N) is 3. The van der Waals surface area contributed by atoms with Crippen molar-refractivity contribution in [3.05, 3.63) is 48.7 Å². The fraction of sp³-hybridized carbons (Fsp3) is 0.393. The standard InChI is InChI=1S/C28H30F2N4O5/c1-4-18(35)9-17-14-39-15-21(17)32-24-11-19-16(13-31-24)10-20(33-28(19)34-5-7-38-8-6-34)25-26(29)22(36-2)12-23(37-3)27(25)30/h4,10-13,17,21H,1,5-9,14-15H2,2-3H3,(H,31,32)/t17-,21+/m0/s1. The number of ether oxygens (including phenoxy) is 4. The van der Waals surface area contributed by atoms with Gasteiger partial charge >= 0.3 is 0 Å². The first-order valence-corrected chi connectivity index (χ1v) is 12.7. The van der Waals surface area contributed by atoms with Gasteiger partial charge in [0.15, 0.2) is 28.9 Å². The molecule has 0 unspecified atom stereocenters. The fourth-order valence-corrected chi connectivity index (χ4v) is 4.95. The van der Waals surface area contributed by atoms with E-state index in [1.54, 1.807) is 12.3 Å². The van der Waals surface area contributed by atoms with Gasteiger partial charge in [-0.1, -0.05) is 6.58 Å². The molecule has 2 atom stereocenters. The first-order valence-electron chi connectivity index (χ1n) is 12.7. The Kier molecular flexibility index (Phi) is 7.89. The van der Waals surface area contributed by atoms with Gasteiger partial charge in [0.05, 0.1) is 57.9 Å². The van der Waals surface area contributed by atoms with E-state index in [1.165, 1.54) is 26.4 Å². The van der Waals surface area contributed by atoms with Gasteiger partial charge in [0, 0.05) is 48.5 Å². The maximum absolute atomic E-state index is 15.4. The summed E-state index contributed by atoms with van der Waals surface area (Å²) in [7, 11) is 2.61. The molecule has 2 aromatic heterocycles. The van der Waals surface area contributed by atoms with Gasteiger partial charge in [-0.25, -0.2) is 18.7 Å². The summed E-state index contributed by atoms with van der Waals surface area (Å²) in [5.74, 6) is -0.967. The van der Waals surface area contributed by atoms with E-state index in [-0.39, 0.29) is 40.5 Å². The zero-order valence-corrected chi connectivity index (χ0v) is 21.8. The van der Waals surface area contributed by atoms with Crippen LogP contribution in [0.15, 0.2) is 37.1 Å². The number of anilines is 2. The van der Waals surface area contributed by atoms with Gasteiger partial charge in [0.25, 0.3) is 0 Å². The summed E-state index contributed by atoms with van der Waals surface area (Å²) < 4.78 is 52.2. The number of carbonyl (C=O) groups excluding carboxylic acids is 1. The molecule has 0 saturated carbocycles. The molecular formula is C28H30F2N4O5. The highest BCUT2D eigenvalue weighted by atomic mass is 19.1. The number of aromatic nitrogens is 2. The number of hydrogen-bond donors (Lipinski definition) is 1. The number of hydrogen-bond acceptors (Lipinski definition) is 9. The molecule has 4 heterocycles. The third-order valence-corrected chi connectivity index (χ3v) is 7.06. The minimum absolute atomic E-state index is 0.0128. The summed E-state index contributed by atoms with van der Waals surface area (Å²) in [6.07, 6.45) is 3.30. The fourth-order valence-electron chi connectivity index (χ4n) is 4.95. The minimum atomic E-state index is -0.872. The number of carbonyl (C=O) groups is 1. The molecule has 39 heavy (non-hydrogen) atoms. The highest BCUT2D eigenvalue weighted by Crippen LogP contribution is 2.39. The summed E-state index contributed by atoms with van der Waals surface area (Å²) in [6, 6.07) is 4.52. The third-order valence-electron chi connectivity index (χ3n) is 7.06. The van der Waals surface area contributed by atoms with E-state index in [1.807, 2.05) is 11.0 Å². The summed E-state index contributed by atoms with van der Waals surface area (Å²) in [5, 5.41) is 4.79. The smallest absolute Gasteiger partial charge is 0.177 e. The molecular weight excluding hydrogens is 510 g/mol. The van der Waals surface area contributed by atoms with E-state index in [2.05, 4.69) is 16.9 Å². The van der Waals surface area contributed by atoms with Crippen LogP contribution in [0.1, 0.15) is 6.42 Å². The van der Waals surface area contributed by atoms with Crippen LogP contribution in [0.3, 0.4) is 0 Å². The van der Waals surface area contributed by atoms with Gasteiger partial charge < -0.3 is 29.2 Å². The van der Waals surface area contributed by atoms with Crippen LogP contribution >= 0.6 is 0 Å². The molecule has 2 saturated heterocycles. The van der Waals surface area contributed by atoms with Gasteiger partial charge in [-0.2, -0.15) is 0 Å². The number of morpholine rings is 1. The Labute approximate surface area is 224 Å². The lowest BCUT2D eigenvalue weighted by Gasteiger charge is -2.29. The molecule has 9 nitrogen and oxygen atoms in total. The van der Waals surface area contributed by atoms with Crippen molar-refractivity contribution in [2.75, 3.05) is 64.0 Å². The van der Waals surface area contributed by atoms with Crippen LogP contribution in [0.2, 0.25) is 0 Å². The lowest BCUT2D eigenvalue weighted by molar-refractivity contribution is -0.115. The summed E-state index contributed by atoms with van der Waals surface area (Å²) in [6.45, 7) is 6.58. The molecule has 1 N–H and O–H groups in total. The number of ketones is 1. The molecule has 11 heteroatoms. The number of benzene rings is 1. The number of halogens is 2. The average molecular weight is 541 g/mol. The van der Waals surface area contributed by atoms with Crippen molar-refractivity contribution in [3.8, 4) is 22.8 Å². The van der Waals surface area contributed by atoms with E-state index in [4.69, 9.17) is 23.9 Å². The SMILES string of the molecule is C=CC(=O)C[C@H]1COC[C@H]1Nc1cc2c(N3CCOCC3)nc(-c3c(F)c(OC)cc(OC)c3F)cc2cn1. The topological polar surface area (TPSA) is 95.0 Å². The quantitative estimate of drug-likeness (QED) is 0.404. The number of rotatable bonds is 9. The van der Waals surface area contributed by atoms with E-state index >= 15 is 8.78 Å². The highest BCUT2D eigenvalue weighted by molar-refractivity contribution is 5.96. The molecule has 206 valence electrons. The van der Waals surface area contributed by atoms with E-state index in [9.17, 15) is 4.79 Å². The number of fused-ring (bicyclic) bond motifs is 1. The Hall–Kier alpha value is -3.83. The minimum Gasteiger partial charge on any atom is -0.494 e. The first kappa shape index (κ1) is 26.8. The van der Waals surface area contributed by atoms with E-state index in [0.29, 0.717) is 63.0 Å². The van der Waals surface area contributed by atoms with Crippen LogP contribution in [0.5, 0.6) is 11.5 Å². The zero-order chi connectivity index (χ0) is 27.5. The van der Waals surface area contributed by atoms with Crippen molar-refractivity contribution in [2.24, 2.45) is 5.92 Å². The summed E-state index contributed by atoms with van der Waals surface area (Å²) in [5.41, 5.74) is -0.256. The maximum Gasteiger partial charge on any atom is 0.177 e. The van der Waals surface area contributed by atoms with Crippen LogP contribution in [0.25, 0.3) is 22.0 Å². The van der Waals surface area contributed by atoms with E-state index in [0.717, 1.165) is 5.39 Å². The predicted molar refractivity (Wildman–Crippen MR) is 143 cm³/mol. The molecule has 2 fully saturated rings. The van der Waals surface area contributed by atoms with Crippen LogP contribution in [-0.4, -0.2) is 75.5 Å². The second-order valence-electron chi connectivity index (χ2n) is 9.43. The number of pyridine rings is 2. The van der Waals surface area contributed by atoms with Crippen molar-refractivity contribution in [1.29, 1.82) is 0 Å². The van der Waals surface area contributed by atoms with E-state index < -0.39 is 11.6 Å². The lowest BCUT2D eigenvalue weighted by Crippen LogP contribution is -2.37. The van der Waals surface area contributed by atoms with Gasteiger partial charge in [-0.05, 0) is 18.2 Å². The van der Waals surface area contributed by atoms with Gasteiger partial charge in [-0.15, -0.1) is 0 Å². The Balaban J connectivity index is 1.59. The van der Waals surface area contributed by atoms with Gasteiger partial charge in [0.1, 0.15) is 11.6 Å². The monoisotopic (exact) mass is 540 g/mol. The van der Waals surface area contributed by atoms with Gasteiger partial charge in [-0.3, -0.25) is 4.79 Å². The average Bonchev–Trinajstić information content (AvgIpc) is 3.39. The van der Waals surface area contributed by atoms with Crippen molar-refractivity contribution in [3.63, 3.8) is 0 Å². The Morgan fingerprint density at radius 2 is 1.85 bits per heavy atom. The molecule has 0 radical (unpaired) electrons. The summed E-state index contributed by atoms with van der Waals surface area (Å²) in [4.78, 5) is 23.3. The molecule has 3 aromatic rings. The van der Waals surface area contributed by atoms with Crippen LogP contribution in [0, 0.1) is 17.6 Å². The van der Waals surface area contributed by atoms with Crippen LogP contribution in [-0.2, 0) is 14.3 Å². The molecule has 2 aliphatic heterocycles. The summed E-state index contributed by atoms with van der Waals surface area (Å²) >= 11 is 0. The van der Waals surface area contributed by atoms with Crippen molar-refractivity contribution in [2.45, 2.75) is 12.5 Å². The first-order chi connectivity index (χ1) is 18.9. The Morgan fingerprint density at radius 3 is 2.51 bits per heavy atom. The highest BCUT2D eigenvalue weighted by Gasteiger charge is 2.30. The predicted octanol–water partition coefficient (Wildman–Crippen LogP) is 4.00. The number of methoxy groups -OCH3 is 2. The molecule has 0 amide bonds. The molecule has 2 aliphatic rings. The van der Waals surface area contributed by atoms with Gasteiger partial charge in [0.2, 0.25) is 0 Å². The largest absolute Gasteiger partial charge is 0.494 e. The number of allylic oxidation sites excluding steroid dienone is 1. The molecule has 5 rings (SSSR count). The maximum atomic E-state index is 15.4. The van der Waals surface area contributed by atoms with Crippen LogP contribution < -0.4 is 19.7 Å². The Morgan fingerprint density at radius 1 is 1.13 bits per heavy atom. The molecule has 1 aromatic carbocycles. The zero-order valence-electron chi connectivity index (χ0n) is 21.8. The third kappa shape index (κ3) is 5.37. The van der Waals surface area contributed by atoms with Crippen LogP contribution in [0.4, 0.5) is 20.4 Å². The van der Waals surface area contributed by atoms with Crippen molar-refractivity contribution < 1.29 is 32.5 Å². The Bertz CT molecular complexity index is 1370. The lowest BCUT2D eigenvalue weighted by atomic mass is 9.97. The second-order valence-corrected chi connectivity index (χ2v) is 9.43.